The van der Waals surface area contributed by atoms with E-state index in [1.54, 1.807) is 0 Å². The fourth-order valence-corrected chi connectivity index (χ4v) is 1.93. The fraction of sp³-hybridized carbons (Fsp3) is 0.750. The van der Waals surface area contributed by atoms with Crippen LogP contribution in [-0.2, 0) is 9.53 Å². The second kappa shape index (κ2) is 6.89. The Morgan fingerprint density at radius 2 is 2.07 bits per heavy atom. The first-order valence-electron chi connectivity index (χ1n) is 5.75. The molecular formula is C12H19ClO2. The number of ether oxygens (including phenoxy) is 1. The second-order valence-corrected chi connectivity index (χ2v) is 4.24. The van der Waals surface area contributed by atoms with Crippen LogP contribution in [0.1, 0.15) is 45.4 Å². The molecule has 0 N–H and O–H groups in total. The number of cyclic esters (lactones) is 1. The van der Waals surface area contributed by atoms with Crippen molar-refractivity contribution in [3.63, 3.8) is 0 Å². The number of hydrogen-bond donors (Lipinski definition) is 0. The monoisotopic (exact) mass is 230 g/mol. The summed E-state index contributed by atoms with van der Waals surface area (Å²) in [5.41, 5.74) is 0.621. The van der Waals surface area contributed by atoms with Crippen LogP contribution in [0.25, 0.3) is 0 Å². The average Bonchev–Trinajstić information content (AvgIpc) is 2.59. The molecule has 1 aliphatic heterocycles. The maximum Gasteiger partial charge on any atom is 0.335 e. The van der Waals surface area contributed by atoms with Gasteiger partial charge in [-0.1, -0.05) is 32.6 Å². The van der Waals surface area contributed by atoms with Crippen molar-refractivity contribution < 1.29 is 9.53 Å². The van der Waals surface area contributed by atoms with Crippen molar-refractivity contribution in [2.75, 3.05) is 5.88 Å². The standard InChI is InChI=1S/C12H19ClO2/c1-2-3-4-5-6-7-11-8-10(9-13)12(14)15-11/h8,11H,2-7,9H2,1H3/t11-/m1/s1. The van der Waals surface area contributed by atoms with E-state index in [0.29, 0.717) is 5.57 Å². The minimum Gasteiger partial charge on any atom is -0.455 e. The third kappa shape index (κ3) is 4.25. The van der Waals surface area contributed by atoms with Crippen LogP contribution in [0, 0.1) is 0 Å². The first kappa shape index (κ1) is 12.6. The van der Waals surface area contributed by atoms with Gasteiger partial charge in [0.1, 0.15) is 6.10 Å². The van der Waals surface area contributed by atoms with Crippen molar-refractivity contribution >= 4 is 17.6 Å². The Bertz CT molecular complexity index is 236. The van der Waals surface area contributed by atoms with Gasteiger partial charge in [0.25, 0.3) is 0 Å². The molecule has 0 saturated carbocycles. The van der Waals surface area contributed by atoms with Gasteiger partial charge in [0.05, 0.1) is 11.5 Å². The zero-order valence-electron chi connectivity index (χ0n) is 9.30. The molecule has 15 heavy (non-hydrogen) atoms. The van der Waals surface area contributed by atoms with Gasteiger partial charge in [0.15, 0.2) is 0 Å². The van der Waals surface area contributed by atoms with E-state index in [2.05, 4.69) is 6.92 Å². The van der Waals surface area contributed by atoms with Gasteiger partial charge in [0.2, 0.25) is 0 Å². The molecule has 0 aromatic heterocycles. The van der Waals surface area contributed by atoms with Gasteiger partial charge < -0.3 is 4.74 Å². The summed E-state index contributed by atoms with van der Waals surface area (Å²) in [4.78, 5) is 11.2. The summed E-state index contributed by atoms with van der Waals surface area (Å²) in [6.07, 6.45) is 8.99. The summed E-state index contributed by atoms with van der Waals surface area (Å²) in [7, 11) is 0. The topological polar surface area (TPSA) is 26.3 Å². The molecule has 1 heterocycles. The first-order valence-corrected chi connectivity index (χ1v) is 6.29. The van der Waals surface area contributed by atoms with E-state index in [9.17, 15) is 4.79 Å². The number of hydrogen-bond acceptors (Lipinski definition) is 2. The molecule has 0 spiro atoms. The van der Waals surface area contributed by atoms with Crippen molar-refractivity contribution in [1.29, 1.82) is 0 Å². The van der Waals surface area contributed by atoms with Crippen LogP contribution in [0.3, 0.4) is 0 Å². The van der Waals surface area contributed by atoms with E-state index in [0.717, 1.165) is 12.8 Å². The Kier molecular flexibility index (Phi) is 5.77. The number of alkyl halides is 1. The largest absolute Gasteiger partial charge is 0.455 e. The van der Waals surface area contributed by atoms with Gasteiger partial charge >= 0.3 is 5.97 Å². The van der Waals surface area contributed by atoms with Crippen molar-refractivity contribution in [3.05, 3.63) is 11.6 Å². The smallest absolute Gasteiger partial charge is 0.335 e. The second-order valence-electron chi connectivity index (χ2n) is 3.97. The van der Waals surface area contributed by atoms with E-state index in [-0.39, 0.29) is 18.0 Å². The Morgan fingerprint density at radius 1 is 1.33 bits per heavy atom. The van der Waals surface area contributed by atoms with Crippen LogP contribution in [0.4, 0.5) is 0 Å². The van der Waals surface area contributed by atoms with Crippen molar-refractivity contribution in [3.8, 4) is 0 Å². The number of esters is 1. The molecule has 0 unspecified atom stereocenters. The normalized spacial score (nSPS) is 20.3. The molecule has 0 aromatic carbocycles. The van der Waals surface area contributed by atoms with Gasteiger partial charge in [-0.15, -0.1) is 11.6 Å². The molecule has 0 aromatic rings. The van der Waals surface area contributed by atoms with Crippen molar-refractivity contribution in [1.82, 2.24) is 0 Å². The first-order chi connectivity index (χ1) is 7.27. The highest BCUT2D eigenvalue weighted by atomic mass is 35.5. The molecule has 3 heteroatoms. The number of rotatable bonds is 7. The predicted octanol–water partition coefficient (Wildman–Crippen LogP) is 3.44. The summed E-state index contributed by atoms with van der Waals surface area (Å²) in [6, 6.07) is 0. The van der Waals surface area contributed by atoms with E-state index >= 15 is 0 Å². The molecule has 1 aliphatic rings. The number of carbonyl (C=O) groups excluding carboxylic acids is 1. The molecule has 1 rings (SSSR count). The summed E-state index contributed by atoms with van der Waals surface area (Å²) < 4.78 is 5.16. The van der Waals surface area contributed by atoms with Crippen LogP contribution in [-0.4, -0.2) is 18.0 Å². The molecular weight excluding hydrogens is 212 g/mol. The van der Waals surface area contributed by atoms with E-state index in [1.807, 2.05) is 6.08 Å². The highest BCUT2D eigenvalue weighted by Gasteiger charge is 2.23. The van der Waals surface area contributed by atoms with Crippen LogP contribution in [0.2, 0.25) is 0 Å². The molecule has 0 fully saturated rings. The Labute approximate surface area is 96.6 Å². The van der Waals surface area contributed by atoms with Crippen molar-refractivity contribution in [2.24, 2.45) is 0 Å². The lowest BCUT2D eigenvalue weighted by Gasteiger charge is -2.07. The lowest BCUT2D eigenvalue weighted by Crippen LogP contribution is -2.08. The molecule has 0 radical (unpaired) electrons. The summed E-state index contributed by atoms with van der Waals surface area (Å²) in [6.45, 7) is 2.20. The molecule has 0 amide bonds. The van der Waals surface area contributed by atoms with Crippen molar-refractivity contribution in [2.45, 2.75) is 51.6 Å². The third-order valence-electron chi connectivity index (χ3n) is 2.64. The van der Waals surface area contributed by atoms with Gasteiger partial charge in [0, 0.05) is 0 Å². The highest BCUT2D eigenvalue weighted by Crippen LogP contribution is 2.19. The molecule has 0 aliphatic carbocycles. The lowest BCUT2D eigenvalue weighted by atomic mass is 10.1. The van der Waals surface area contributed by atoms with Crippen LogP contribution >= 0.6 is 11.6 Å². The zero-order chi connectivity index (χ0) is 11.1. The van der Waals surface area contributed by atoms with E-state index in [1.165, 1.54) is 25.7 Å². The molecule has 2 nitrogen and oxygen atoms in total. The molecule has 0 saturated heterocycles. The fourth-order valence-electron chi connectivity index (χ4n) is 1.73. The lowest BCUT2D eigenvalue weighted by molar-refractivity contribution is -0.139. The minimum absolute atomic E-state index is 0.0205. The number of unbranched alkanes of at least 4 members (excludes halogenated alkanes) is 4. The van der Waals surface area contributed by atoms with E-state index in [4.69, 9.17) is 16.3 Å². The number of carbonyl (C=O) groups is 1. The van der Waals surface area contributed by atoms with E-state index < -0.39 is 0 Å². The predicted molar refractivity (Wildman–Crippen MR) is 62.1 cm³/mol. The highest BCUT2D eigenvalue weighted by molar-refractivity contribution is 6.22. The zero-order valence-corrected chi connectivity index (χ0v) is 10.1. The van der Waals surface area contributed by atoms with Gasteiger partial charge in [-0.25, -0.2) is 4.79 Å². The van der Waals surface area contributed by atoms with Crippen LogP contribution in [0.5, 0.6) is 0 Å². The van der Waals surface area contributed by atoms with Crippen LogP contribution < -0.4 is 0 Å². The average molecular weight is 231 g/mol. The summed E-state index contributed by atoms with van der Waals surface area (Å²) >= 11 is 5.60. The number of halogens is 1. The molecule has 86 valence electrons. The van der Waals surface area contributed by atoms with Crippen LogP contribution in [0.15, 0.2) is 11.6 Å². The Balaban J connectivity index is 2.13. The summed E-state index contributed by atoms with van der Waals surface area (Å²) in [5.74, 6) is 0.0362. The van der Waals surface area contributed by atoms with Gasteiger partial charge in [-0.05, 0) is 18.9 Å². The maximum atomic E-state index is 11.2. The maximum absolute atomic E-state index is 11.2. The SMILES string of the molecule is CCCCCCC[C@@H]1C=C(CCl)C(=O)O1. The molecule has 0 bridgehead atoms. The Hall–Kier alpha value is -0.500. The third-order valence-corrected chi connectivity index (χ3v) is 2.93. The van der Waals surface area contributed by atoms with Gasteiger partial charge in [-0.2, -0.15) is 0 Å². The Morgan fingerprint density at radius 3 is 2.67 bits per heavy atom. The minimum atomic E-state index is -0.233. The molecule has 1 atom stereocenters. The quantitative estimate of drug-likeness (QED) is 0.381. The summed E-state index contributed by atoms with van der Waals surface area (Å²) in [5, 5.41) is 0. The van der Waals surface area contributed by atoms with Gasteiger partial charge in [-0.3, -0.25) is 0 Å².